The van der Waals surface area contributed by atoms with Gasteiger partial charge in [-0.15, -0.1) is 0 Å². The minimum atomic E-state index is -4.67. The third kappa shape index (κ3) is 6.41. The predicted molar refractivity (Wildman–Crippen MR) is 144 cm³/mol. The maximum Gasteiger partial charge on any atom is 0.459 e. The van der Waals surface area contributed by atoms with Crippen LogP contribution in [0.3, 0.4) is 0 Å². The topological polar surface area (TPSA) is 164 Å². The summed E-state index contributed by atoms with van der Waals surface area (Å²) in [5.74, 6) is -4.22. The lowest BCUT2D eigenvalue weighted by molar-refractivity contribution is -0.203. The van der Waals surface area contributed by atoms with Gasteiger partial charge in [0.05, 0.1) is 6.10 Å². The lowest BCUT2D eigenvalue weighted by atomic mass is 9.97. The molecule has 1 fully saturated rings. The molecule has 4 rings (SSSR count). The summed E-state index contributed by atoms with van der Waals surface area (Å²) in [4.78, 5) is 28.2. The van der Waals surface area contributed by atoms with E-state index in [1.54, 1.807) is 50.2 Å². The third-order valence-corrected chi connectivity index (χ3v) is 7.90. The number of aliphatic hydroxyl groups is 1. The molecule has 2 aromatic carbocycles. The molecule has 4 N–H and O–H groups in total. The zero-order chi connectivity index (χ0) is 30.2. The Labute approximate surface area is 234 Å². The van der Waals surface area contributed by atoms with E-state index in [4.69, 9.17) is 24.3 Å². The van der Waals surface area contributed by atoms with Crippen molar-refractivity contribution in [1.82, 2.24) is 14.6 Å². The van der Waals surface area contributed by atoms with E-state index in [1.165, 1.54) is 13.0 Å². The number of nitrogens with zero attached hydrogens (tertiary/aromatic N) is 2. The fourth-order valence-corrected chi connectivity index (χ4v) is 5.78. The van der Waals surface area contributed by atoms with Crippen LogP contribution in [0.25, 0.3) is 10.8 Å². The Morgan fingerprint density at radius 2 is 1.90 bits per heavy atom. The first kappa shape index (κ1) is 30.5. The van der Waals surface area contributed by atoms with Crippen LogP contribution >= 0.6 is 7.75 Å². The molecule has 41 heavy (non-hydrogen) atoms. The van der Waals surface area contributed by atoms with E-state index in [0.717, 1.165) is 24.6 Å². The number of nitrogens with one attached hydrogen (secondary N) is 1. The first-order valence-electron chi connectivity index (χ1n) is 12.6. The van der Waals surface area contributed by atoms with Crippen molar-refractivity contribution in [1.29, 1.82) is 0 Å². The van der Waals surface area contributed by atoms with Gasteiger partial charge in [-0.05, 0) is 45.2 Å². The summed E-state index contributed by atoms with van der Waals surface area (Å²) in [5.41, 5.74) is 1.54. The summed E-state index contributed by atoms with van der Waals surface area (Å²) < 4.78 is 67.7. The summed E-state index contributed by atoms with van der Waals surface area (Å²) in [5, 5.41) is 14.3. The van der Waals surface area contributed by atoms with Gasteiger partial charge in [0.2, 0.25) is 0 Å². The van der Waals surface area contributed by atoms with Crippen molar-refractivity contribution in [3.63, 3.8) is 0 Å². The van der Waals surface area contributed by atoms with Crippen LogP contribution in [0.4, 0.5) is 14.6 Å². The van der Waals surface area contributed by atoms with Gasteiger partial charge in [0.1, 0.15) is 24.2 Å². The number of carbonyl (C=O) groups is 1. The number of nitrogens with two attached hydrogens (primary N) is 1. The number of fused-ring (bicyclic) bond motifs is 1. The fraction of sp³-hybridized carbons (Fsp3) is 0.423. The number of hydrogen-bond donors (Lipinski definition) is 3. The van der Waals surface area contributed by atoms with Crippen LogP contribution in [0.2, 0.25) is 0 Å². The van der Waals surface area contributed by atoms with Gasteiger partial charge in [-0.2, -0.15) is 10.1 Å². The second kappa shape index (κ2) is 11.5. The summed E-state index contributed by atoms with van der Waals surface area (Å²) >= 11 is 0. The average Bonchev–Trinajstić information content (AvgIpc) is 3.07. The number of rotatable bonds is 10. The van der Waals surface area contributed by atoms with Crippen LogP contribution < -0.4 is 21.0 Å². The monoisotopic (exact) mass is 596 g/mol. The standard InChI is InChI=1S/C26H31F2N4O8P/c1-15(2)38-21(33)16(3)31-41(36,40-19-11-7-9-17-8-5-6-10-18(17)19)37-14-26(28)22(34)25(4,27)23(39-26)32-13-12-20(29)30-24(32)35/h5-13,15-16,22-23,34H,14H2,1-4H3,(H,31,36)(H2,29,30,35)/t16-,22-,23+,25+,26+,41?/m0/s1. The normalized spacial score (nSPS) is 26.5. The van der Waals surface area contributed by atoms with Gasteiger partial charge in [-0.3, -0.25) is 13.9 Å². The Morgan fingerprint density at radius 3 is 2.59 bits per heavy atom. The SMILES string of the molecule is CC(C)OC(=O)[C@H](C)NP(=O)(OC[C@@]1(F)O[C@@H](n2ccc(N)nc2=O)[C@](C)(F)[C@@H]1O)Oc1cccc2ccccc12. The molecule has 0 radical (unpaired) electrons. The molecule has 1 saturated heterocycles. The van der Waals surface area contributed by atoms with Gasteiger partial charge in [0.15, 0.2) is 18.0 Å². The largest absolute Gasteiger partial charge is 0.462 e. The highest BCUT2D eigenvalue weighted by Gasteiger charge is 2.65. The fourth-order valence-electron chi connectivity index (χ4n) is 4.26. The Hall–Kier alpha value is -3.42. The van der Waals surface area contributed by atoms with Gasteiger partial charge < -0.3 is 24.8 Å². The summed E-state index contributed by atoms with van der Waals surface area (Å²) in [7, 11) is -4.67. The Morgan fingerprint density at radius 1 is 1.22 bits per heavy atom. The number of hydrogen-bond acceptors (Lipinski definition) is 10. The maximum absolute atomic E-state index is 16.0. The lowest BCUT2D eigenvalue weighted by Crippen LogP contribution is -2.47. The molecule has 1 aliphatic heterocycles. The summed E-state index contributed by atoms with van der Waals surface area (Å²) in [6, 6.07) is 11.7. The molecule has 1 aliphatic rings. The average molecular weight is 597 g/mol. The molecule has 1 unspecified atom stereocenters. The van der Waals surface area contributed by atoms with Gasteiger partial charge in [0.25, 0.3) is 5.85 Å². The lowest BCUT2D eigenvalue weighted by Gasteiger charge is -2.28. The molecule has 0 aliphatic carbocycles. The van der Waals surface area contributed by atoms with E-state index in [1.807, 2.05) is 0 Å². The first-order valence-corrected chi connectivity index (χ1v) is 14.2. The zero-order valence-corrected chi connectivity index (χ0v) is 23.6. The van der Waals surface area contributed by atoms with Crippen molar-refractivity contribution in [2.75, 3.05) is 12.3 Å². The Bertz CT molecular complexity index is 1530. The zero-order valence-electron chi connectivity index (χ0n) is 22.7. The van der Waals surface area contributed by atoms with E-state index in [2.05, 4.69) is 10.1 Å². The van der Waals surface area contributed by atoms with Crippen molar-refractivity contribution in [2.45, 2.75) is 63.7 Å². The van der Waals surface area contributed by atoms with Crippen LogP contribution in [0, 0.1) is 0 Å². The minimum Gasteiger partial charge on any atom is -0.462 e. The molecule has 0 saturated carbocycles. The highest BCUT2D eigenvalue weighted by molar-refractivity contribution is 7.52. The Balaban J connectivity index is 1.64. The molecule has 1 aromatic heterocycles. The molecule has 2 heterocycles. The van der Waals surface area contributed by atoms with Crippen molar-refractivity contribution in [2.24, 2.45) is 0 Å². The molecular formula is C26H31F2N4O8P. The van der Waals surface area contributed by atoms with Gasteiger partial charge >= 0.3 is 19.4 Å². The van der Waals surface area contributed by atoms with Gasteiger partial charge in [0, 0.05) is 11.6 Å². The number of anilines is 1. The number of nitrogen functional groups attached to an aromatic ring is 1. The number of benzene rings is 2. The van der Waals surface area contributed by atoms with Crippen molar-refractivity contribution in [3.8, 4) is 5.75 Å². The van der Waals surface area contributed by atoms with Crippen LogP contribution in [0.15, 0.2) is 59.5 Å². The van der Waals surface area contributed by atoms with Crippen LogP contribution in [-0.4, -0.2) is 57.0 Å². The van der Waals surface area contributed by atoms with Gasteiger partial charge in [-0.25, -0.2) is 18.1 Å². The quantitative estimate of drug-likeness (QED) is 0.232. The van der Waals surface area contributed by atoms with E-state index >= 15 is 8.78 Å². The van der Waals surface area contributed by atoms with Crippen molar-refractivity contribution >= 4 is 30.3 Å². The van der Waals surface area contributed by atoms with Crippen LogP contribution in [0.1, 0.15) is 33.9 Å². The third-order valence-electron chi connectivity index (χ3n) is 6.29. The maximum atomic E-state index is 16.0. The van der Waals surface area contributed by atoms with Gasteiger partial charge in [-0.1, -0.05) is 36.4 Å². The molecule has 0 amide bonds. The molecule has 3 aromatic rings. The van der Waals surface area contributed by atoms with E-state index in [-0.39, 0.29) is 11.6 Å². The molecule has 12 nitrogen and oxygen atoms in total. The number of aliphatic hydroxyl groups excluding tert-OH is 1. The second-order valence-corrected chi connectivity index (χ2v) is 11.7. The van der Waals surface area contributed by atoms with Crippen molar-refractivity contribution < 1.29 is 41.8 Å². The first-order chi connectivity index (χ1) is 19.1. The molecule has 15 heteroatoms. The second-order valence-electron chi connectivity index (χ2n) is 10.0. The minimum absolute atomic E-state index is 0.0665. The van der Waals surface area contributed by atoms with E-state index in [9.17, 15) is 19.3 Å². The molecule has 0 spiro atoms. The number of ether oxygens (including phenoxy) is 2. The highest BCUT2D eigenvalue weighted by atomic mass is 31.2. The van der Waals surface area contributed by atoms with Crippen molar-refractivity contribution in [3.05, 3.63) is 65.2 Å². The molecular weight excluding hydrogens is 565 g/mol. The smallest absolute Gasteiger partial charge is 0.459 e. The van der Waals surface area contributed by atoms with Crippen LogP contribution in [0.5, 0.6) is 5.75 Å². The highest BCUT2D eigenvalue weighted by Crippen LogP contribution is 2.52. The predicted octanol–water partition coefficient (Wildman–Crippen LogP) is 3.40. The number of carbonyl (C=O) groups excluding carboxylic acids is 1. The Kier molecular flexibility index (Phi) is 8.53. The summed E-state index contributed by atoms with van der Waals surface area (Å²) in [6.07, 6.45) is -3.96. The van der Waals surface area contributed by atoms with E-state index < -0.39 is 62.0 Å². The molecule has 222 valence electrons. The number of halogens is 2. The molecule has 6 atom stereocenters. The van der Waals surface area contributed by atoms with Crippen LogP contribution in [-0.2, 0) is 23.4 Å². The number of aromatic nitrogens is 2. The molecule has 0 bridgehead atoms. The van der Waals surface area contributed by atoms with E-state index in [0.29, 0.717) is 9.95 Å². The summed E-state index contributed by atoms with van der Waals surface area (Å²) in [6.45, 7) is 4.05. The number of alkyl halides is 2. The number of esters is 1.